The van der Waals surface area contributed by atoms with Gasteiger partial charge in [0.25, 0.3) is 0 Å². The predicted octanol–water partition coefficient (Wildman–Crippen LogP) is 3.79. The van der Waals surface area contributed by atoms with E-state index >= 15 is 0 Å². The Balaban J connectivity index is 2.02. The van der Waals surface area contributed by atoms with Crippen molar-refractivity contribution in [2.75, 3.05) is 18.8 Å². The molecule has 0 fully saturated rings. The topological polar surface area (TPSA) is 55.1 Å². The van der Waals surface area contributed by atoms with Gasteiger partial charge in [-0.3, -0.25) is 4.79 Å². The summed E-state index contributed by atoms with van der Waals surface area (Å²) in [6, 6.07) is 31.8. The van der Waals surface area contributed by atoms with Crippen LogP contribution in [0.15, 0.2) is 91.0 Å². The largest absolute Gasteiger partial charge is 0.369 e. The first-order chi connectivity index (χ1) is 13.2. The van der Waals surface area contributed by atoms with Gasteiger partial charge in [-0.2, -0.15) is 0 Å². The molecule has 1 amide bonds. The van der Waals surface area contributed by atoms with Crippen LogP contribution in [0.3, 0.4) is 0 Å². The quantitative estimate of drug-likeness (QED) is 0.441. The van der Waals surface area contributed by atoms with Crippen molar-refractivity contribution in [2.24, 2.45) is 5.73 Å². The molecule has 0 radical (unpaired) electrons. The van der Waals surface area contributed by atoms with Crippen LogP contribution in [0.5, 0.6) is 0 Å². The lowest BCUT2D eigenvalue weighted by atomic mass is 9.84. The molecule has 0 atom stereocenters. The Labute approximate surface area is 165 Å². The van der Waals surface area contributed by atoms with Crippen LogP contribution < -0.4 is 11.1 Å². The second-order valence-corrected chi connectivity index (χ2v) is 7.58. The van der Waals surface area contributed by atoms with Crippen molar-refractivity contribution in [1.82, 2.24) is 5.32 Å². The van der Waals surface area contributed by atoms with Crippen molar-refractivity contribution in [1.29, 1.82) is 0 Å². The van der Waals surface area contributed by atoms with E-state index in [-0.39, 0.29) is 17.2 Å². The fourth-order valence-electron chi connectivity index (χ4n) is 3.26. The van der Waals surface area contributed by atoms with Gasteiger partial charge in [-0.05, 0) is 16.7 Å². The van der Waals surface area contributed by atoms with Crippen LogP contribution in [0.25, 0.3) is 0 Å². The Morgan fingerprint density at radius 2 is 1.19 bits per heavy atom. The van der Waals surface area contributed by atoms with Crippen LogP contribution in [0, 0.1) is 0 Å². The highest BCUT2D eigenvalue weighted by Gasteiger charge is 2.36. The number of rotatable bonds is 9. The van der Waals surface area contributed by atoms with Crippen molar-refractivity contribution >= 4 is 17.7 Å². The van der Waals surface area contributed by atoms with Crippen molar-refractivity contribution in [2.45, 2.75) is 4.75 Å². The lowest BCUT2D eigenvalue weighted by Gasteiger charge is -2.35. The molecule has 3 aromatic rings. The van der Waals surface area contributed by atoms with Crippen LogP contribution in [-0.2, 0) is 9.54 Å². The van der Waals surface area contributed by atoms with Crippen LogP contribution in [0.1, 0.15) is 16.7 Å². The molecule has 0 bridgehead atoms. The summed E-state index contributed by atoms with van der Waals surface area (Å²) < 4.78 is -0.321. The molecule has 4 heteroatoms. The molecule has 0 aromatic heterocycles. The molecule has 0 saturated carbocycles. The van der Waals surface area contributed by atoms with Crippen molar-refractivity contribution < 1.29 is 4.79 Å². The summed E-state index contributed by atoms with van der Waals surface area (Å²) >= 11 is 1.87. The highest BCUT2D eigenvalue weighted by molar-refractivity contribution is 8.00. The molecule has 3 rings (SSSR count). The smallest absolute Gasteiger partial charge is 0.231 e. The van der Waals surface area contributed by atoms with E-state index in [4.69, 9.17) is 5.73 Å². The molecule has 0 unspecified atom stereocenters. The normalized spacial score (nSPS) is 11.3. The Kier molecular flexibility index (Phi) is 6.69. The number of carbonyl (C=O) groups is 1. The van der Waals surface area contributed by atoms with Gasteiger partial charge in [0.15, 0.2) is 0 Å². The molecule has 0 heterocycles. The predicted molar refractivity (Wildman–Crippen MR) is 114 cm³/mol. The minimum Gasteiger partial charge on any atom is -0.369 e. The Morgan fingerprint density at radius 1 is 0.778 bits per heavy atom. The van der Waals surface area contributed by atoms with Crippen LogP contribution in [0.4, 0.5) is 0 Å². The maximum Gasteiger partial charge on any atom is 0.231 e. The number of benzene rings is 3. The number of hydrogen-bond acceptors (Lipinski definition) is 3. The van der Waals surface area contributed by atoms with E-state index in [1.165, 1.54) is 16.7 Å². The zero-order valence-corrected chi connectivity index (χ0v) is 16.0. The lowest BCUT2D eigenvalue weighted by Crippen LogP contribution is -2.32. The van der Waals surface area contributed by atoms with Gasteiger partial charge < -0.3 is 11.1 Å². The van der Waals surface area contributed by atoms with Crippen LogP contribution >= 0.6 is 11.8 Å². The molecule has 3 nitrogen and oxygen atoms in total. The monoisotopic (exact) mass is 376 g/mol. The van der Waals surface area contributed by atoms with E-state index in [2.05, 4.69) is 78.1 Å². The van der Waals surface area contributed by atoms with Crippen LogP contribution in [0.2, 0.25) is 0 Å². The van der Waals surface area contributed by atoms with E-state index in [0.29, 0.717) is 6.54 Å². The molecule has 0 aliphatic heterocycles. The summed E-state index contributed by atoms with van der Waals surface area (Å²) in [5, 5.41) is 3.12. The fraction of sp³-hybridized carbons (Fsp3) is 0.174. The molecule has 3 N–H and O–H groups in total. The maximum atomic E-state index is 11.0. The number of amides is 1. The number of nitrogens with two attached hydrogens (primary N) is 1. The van der Waals surface area contributed by atoms with Crippen LogP contribution in [-0.4, -0.2) is 24.7 Å². The van der Waals surface area contributed by atoms with E-state index in [1.54, 1.807) is 0 Å². The zero-order chi connectivity index (χ0) is 19.0. The number of primary amides is 1. The van der Waals surface area contributed by atoms with E-state index < -0.39 is 0 Å². The van der Waals surface area contributed by atoms with Crippen molar-refractivity contribution in [3.8, 4) is 0 Å². The summed E-state index contributed by atoms with van der Waals surface area (Å²) in [5.74, 6) is 0.506. The van der Waals surface area contributed by atoms with Gasteiger partial charge in [0, 0.05) is 12.3 Å². The highest BCUT2D eigenvalue weighted by Crippen LogP contribution is 2.48. The lowest BCUT2D eigenvalue weighted by molar-refractivity contribution is -0.117. The molecule has 27 heavy (non-hydrogen) atoms. The summed E-state index contributed by atoms with van der Waals surface area (Å²) in [5.41, 5.74) is 8.94. The second-order valence-electron chi connectivity index (χ2n) is 6.27. The molecule has 138 valence electrons. The summed E-state index contributed by atoms with van der Waals surface area (Å²) in [7, 11) is 0. The molecule has 3 aromatic carbocycles. The third-order valence-electron chi connectivity index (χ3n) is 4.44. The molecule has 0 saturated heterocycles. The average molecular weight is 377 g/mol. The SMILES string of the molecule is NC(=O)CNCCSC(c1ccccc1)(c1ccccc1)c1ccccc1. The van der Waals surface area contributed by atoms with Gasteiger partial charge in [-0.1, -0.05) is 91.0 Å². The highest BCUT2D eigenvalue weighted by atomic mass is 32.2. The van der Waals surface area contributed by atoms with Gasteiger partial charge in [0.1, 0.15) is 0 Å². The first kappa shape index (κ1) is 19.2. The van der Waals surface area contributed by atoms with Crippen molar-refractivity contribution in [3.63, 3.8) is 0 Å². The molecular weight excluding hydrogens is 352 g/mol. The minimum atomic E-state index is -0.333. The first-order valence-electron chi connectivity index (χ1n) is 9.03. The van der Waals surface area contributed by atoms with Gasteiger partial charge in [0.05, 0.1) is 11.3 Å². The second kappa shape index (κ2) is 9.40. The van der Waals surface area contributed by atoms with E-state index in [0.717, 1.165) is 5.75 Å². The molecule has 0 aliphatic carbocycles. The summed E-state index contributed by atoms with van der Waals surface area (Å²) in [4.78, 5) is 11.0. The minimum absolute atomic E-state index is 0.204. The Hall–Kier alpha value is -2.56. The Morgan fingerprint density at radius 3 is 1.56 bits per heavy atom. The number of carbonyl (C=O) groups excluding carboxylic acids is 1. The van der Waals surface area contributed by atoms with Gasteiger partial charge in [-0.15, -0.1) is 11.8 Å². The van der Waals surface area contributed by atoms with Gasteiger partial charge in [-0.25, -0.2) is 0 Å². The first-order valence-corrected chi connectivity index (χ1v) is 10.0. The molecule has 0 aliphatic rings. The maximum absolute atomic E-state index is 11.0. The van der Waals surface area contributed by atoms with E-state index in [9.17, 15) is 4.79 Å². The third-order valence-corrected chi connectivity index (χ3v) is 5.99. The summed E-state index contributed by atoms with van der Waals surface area (Å²) in [6.45, 7) is 0.914. The van der Waals surface area contributed by atoms with Gasteiger partial charge in [0.2, 0.25) is 5.91 Å². The molecular formula is C23H24N2OS. The number of hydrogen-bond donors (Lipinski definition) is 2. The standard InChI is InChI=1S/C23H24N2OS/c24-22(26)18-25-16-17-27-23(19-10-4-1-5-11-19,20-12-6-2-7-13-20)21-14-8-3-9-15-21/h1-15,25H,16-18H2,(H2,24,26). The van der Waals surface area contributed by atoms with Crippen molar-refractivity contribution in [3.05, 3.63) is 108 Å². The third kappa shape index (κ3) is 4.59. The summed E-state index contributed by atoms with van der Waals surface area (Å²) in [6.07, 6.45) is 0. The number of thioether (sulfide) groups is 1. The Bertz CT molecular complexity index is 741. The fourth-order valence-corrected chi connectivity index (χ4v) is 4.72. The molecule has 0 spiro atoms. The average Bonchev–Trinajstić information content (AvgIpc) is 2.73. The number of nitrogens with one attached hydrogen (secondary N) is 1. The zero-order valence-electron chi connectivity index (χ0n) is 15.2. The van der Waals surface area contributed by atoms with E-state index in [1.807, 2.05) is 30.0 Å². The van der Waals surface area contributed by atoms with Gasteiger partial charge >= 0.3 is 0 Å².